The van der Waals surface area contributed by atoms with Gasteiger partial charge in [-0.2, -0.15) is 0 Å². The molecule has 5 heteroatoms. The fourth-order valence-electron chi connectivity index (χ4n) is 2.77. The van der Waals surface area contributed by atoms with Crippen LogP contribution in [0.15, 0.2) is 48.5 Å². The van der Waals surface area contributed by atoms with Crippen LogP contribution in [0.5, 0.6) is 5.75 Å². The summed E-state index contributed by atoms with van der Waals surface area (Å²) in [6, 6.07) is 15.5. The van der Waals surface area contributed by atoms with Crippen molar-refractivity contribution in [2.45, 2.75) is 32.4 Å². The Morgan fingerprint density at radius 3 is 2.62 bits per heavy atom. The Hall–Kier alpha value is -2.04. The Labute approximate surface area is 147 Å². The number of aromatic nitrogens is 2. The van der Waals surface area contributed by atoms with E-state index in [0.717, 1.165) is 47.0 Å². The van der Waals surface area contributed by atoms with Gasteiger partial charge in [-0.15, -0.1) is 0 Å². The highest BCUT2D eigenvalue weighted by Crippen LogP contribution is 2.20. The van der Waals surface area contributed by atoms with E-state index in [-0.39, 0.29) is 6.04 Å². The summed E-state index contributed by atoms with van der Waals surface area (Å²) in [6.07, 6.45) is 1.97. The first-order chi connectivity index (χ1) is 11.6. The van der Waals surface area contributed by atoms with Crippen LogP contribution in [0.2, 0.25) is 5.02 Å². The molecule has 2 N–H and O–H groups in total. The number of hydrogen-bond acceptors (Lipinski definition) is 3. The molecule has 0 aliphatic heterocycles. The van der Waals surface area contributed by atoms with E-state index in [1.807, 2.05) is 49.4 Å². The molecular formula is C19H22ClN3O. The summed E-state index contributed by atoms with van der Waals surface area (Å²) >= 11 is 5.87. The van der Waals surface area contributed by atoms with E-state index in [9.17, 15) is 0 Å². The summed E-state index contributed by atoms with van der Waals surface area (Å²) < 4.78 is 7.96. The van der Waals surface area contributed by atoms with Crippen LogP contribution in [0.3, 0.4) is 0 Å². The summed E-state index contributed by atoms with van der Waals surface area (Å²) in [4.78, 5) is 4.66. The first-order valence-electron chi connectivity index (χ1n) is 8.24. The lowest BCUT2D eigenvalue weighted by Gasteiger charge is -2.12. The monoisotopic (exact) mass is 343 g/mol. The number of benzene rings is 2. The molecule has 1 heterocycles. The van der Waals surface area contributed by atoms with Crippen LogP contribution >= 0.6 is 11.6 Å². The van der Waals surface area contributed by atoms with E-state index in [4.69, 9.17) is 22.1 Å². The highest BCUT2D eigenvalue weighted by atomic mass is 35.5. The lowest BCUT2D eigenvalue weighted by Crippen LogP contribution is -2.14. The Balaban J connectivity index is 1.57. The number of imidazole rings is 1. The molecule has 0 aliphatic rings. The Morgan fingerprint density at radius 2 is 1.88 bits per heavy atom. The number of hydrogen-bond donors (Lipinski definition) is 1. The maximum absolute atomic E-state index is 6.08. The smallest absolute Gasteiger partial charge is 0.126 e. The minimum absolute atomic E-state index is 0.0808. The van der Waals surface area contributed by atoms with Crippen molar-refractivity contribution in [1.29, 1.82) is 0 Å². The van der Waals surface area contributed by atoms with Crippen molar-refractivity contribution >= 4 is 22.6 Å². The maximum Gasteiger partial charge on any atom is 0.126 e. The van der Waals surface area contributed by atoms with Gasteiger partial charge in [-0.05, 0) is 56.2 Å². The number of para-hydroxylation sites is 2. The molecule has 1 aromatic heterocycles. The Morgan fingerprint density at radius 1 is 1.12 bits per heavy atom. The molecule has 1 unspecified atom stereocenters. The van der Waals surface area contributed by atoms with Crippen LogP contribution in [0.1, 0.15) is 31.6 Å². The average Bonchev–Trinajstić information content (AvgIpc) is 2.95. The van der Waals surface area contributed by atoms with Crippen molar-refractivity contribution in [3.05, 3.63) is 59.4 Å². The standard InChI is InChI=1S/C19H22ClN3O/c1-14(21)19-22-17-6-2-3-7-18(17)23(19)12-4-5-13-24-16-10-8-15(20)9-11-16/h2-3,6-11,14H,4-5,12-13,21H2,1H3. The van der Waals surface area contributed by atoms with Gasteiger partial charge >= 0.3 is 0 Å². The molecule has 0 fully saturated rings. The van der Waals surface area contributed by atoms with Gasteiger partial charge in [0, 0.05) is 11.6 Å². The van der Waals surface area contributed by atoms with Crippen LogP contribution in [-0.2, 0) is 6.54 Å². The maximum atomic E-state index is 6.08. The molecule has 1 atom stereocenters. The zero-order chi connectivity index (χ0) is 16.9. The molecule has 0 spiro atoms. The number of fused-ring (bicyclic) bond motifs is 1. The summed E-state index contributed by atoms with van der Waals surface area (Å²) in [5.74, 6) is 1.79. The van der Waals surface area contributed by atoms with Crippen molar-refractivity contribution in [3.63, 3.8) is 0 Å². The zero-order valence-corrected chi connectivity index (χ0v) is 14.5. The number of ether oxygens (including phenoxy) is 1. The lowest BCUT2D eigenvalue weighted by molar-refractivity contribution is 0.303. The molecular weight excluding hydrogens is 322 g/mol. The third-order valence-electron chi connectivity index (χ3n) is 3.95. The third kappa shape index (κ3) is 3.89. The van der Waals surface area contributed by atoms with E-state index < -0.39 is 0 Å². The van der Waals surface area contributed by atoms with Crippen molar-refractivity contribution in [1.82, 2.24) is 9.55 Å². The molecule has 0 aliphatic carbocycles. The molecule has 2 aromatic carbocycles. The van der Waals surface area contributed by atoms with Gasteiger partial charge in [-0.1, -0.05) is 23.7 Å². The van der Waals surface area contributed by atoms with Crippen molar-refractivity contribution < 1.29 is 4.74 Å². The largest absolute Gasteiger partial charge is 0.494 e. The number of nitrogens with zero attached hydrogens (tertiary/aromatic N) is 2. The van der Waals surface area contributed by atoms with Crippen LogP contribution in [0.25, 0.3) is 11.0 Å². The molecule has 0 bridgehead atoms. The second-order valence-electron chi connectivity index (χ2n) is 5.91. The number of unbranched alkanes of at least 4 members (excludes halogenated alkanes) is 1. The van der Waals surface area contributed by atoms with Crippen molar-refractivity contribution in [3.8, 4) is 5.75 Å². The van der Waals surface area contributed by atoms with Gasteiger partial charge in [0.1, 0.15) is 11.6 Å². The zero-order valence-electron chi connectivity index (χ0n) is 13.8. The fourth-order valence-corrected chi connectivity index (χ4v) is 2.90. The summed E-state index contributed by atoms with van der Waals surface area (Å²) in [5, 5.41) is 0.720. The summed E-state index contributed by atoms with van der Waals surface area (Å²) in [6.45, 7) is 3.55. The van der Waals surface area contributed by atoms with Gasteiger partial charge in [0.15, 0.2) is 0 Å². The van der Waals surface area contributed by atoms with Gasteiger partial charge in [0.05, 0.1) is 23.7 Å². The second kappa shape index (κ2) is 7.69. The van der Waals surface area contributed by atoms with Gasteiger partial charge < -0.3 is 15.0 Å². The van der Waals surface area contributed by atoms with E-state index in [0.29, 0.717) is 6.61 Å². The molecule has 126 valence electrons. The van der Waals surface area contributed by atoms with Crippen LogP contribution in [0, 0.1) is 0 Å². The highest BCUT2D eigenvalue weighted by molar-refractivity contribution is 6.30. The second-order valence-corrected chi connectivity index (χ2v) is 6.34. The minimum atomic E-state index is -0.0808. The normalized spacial score (nSPS) is 12.5. The number of halogens is 1. The van der Waals surface area contributed by atoms with Gasteiger partial charge in [-0.25, -0.2) is 4.98 Å². The molecule has 24 heavy (non-hydrogen) atoms. The van der Waals surface area contributed by atoms with E-state index in [1.54, 1.807) is 0 Å². The quantitative estimate of drug-likeness (QED) is 0.639. The summed E-state index contributed by atoms with van der Waals surface area (Å²) in [7, 11) is 0. The molecule has 0 amide bonds. The third-order valence-corrected chi connectivity index (χ3v) is 4.20. The van der Waals surface area contributed by atoms with E-state index in [2.05, 4.69) is 15.6 Å². The number of nitrogens with two attached hydrogens (primary N) is 1. The van der Waals surface area contributed by atoms with Crippen LogP contribution in [-0.4, -0.2) is 16.2 Å². The topological polar surface area (TPSA) is 53.1 Å². The number of aryl methyl sites for hydroxylation is 1. The fraction of sp³-hybridized carbons (Fsp3) is 0.316. The molecule has 3 aromatic rings. The van der Waals surface area contributed by atoms with E-state index in [1.165, 1.54) is 0 Å². The van der Waals surface area contributed by atoms with Gasteiger partial charge in [0.2, 0.25) is 0 Å². The van der Waals surface area contributed by atoms with E-state index >= 15 is 0 Å². The van der Waals surface area contributed by atoms with Gasteiger partial charge in [-0.3, -0.25) is 0 Å². The summed E-state index contributed by atoms with van der Waals surface area (Å²) in [5.41, 5.74) is 8.22. The molecule has 0 radical (unpaired) electrons. The minimum Gasteiger partial charge on any atom is -0.494 e. The van der Waals surface area contributed by atoms with Gasteiger partial charge in [0.25, 0.3) is 0 Å². The van der Waals surface area contributed by atoms with Crippen molar-refractivity contribution in [2.75, 3.05) is 6.61 Å². The Kier molecular flexibility index (Phi) is 5.38. The average molecular weight is 344 g/mol. The SMILES string of the molecule is CC(N)c1nc2ccccc2n1CCCCOc1ccc(Cl)cc1. The first kappa shape index (κ1) is 16.8. The molecule has 3 rings (SSSR count). The Bertz CT molecular complexity index is 796. The predicted octanol–water partition coefficient (Wildman–Crippen LogP) is 4.57. The first-order valence-corrected chi connectivity index (χ1v) is 8.62. The van der Waals surface area contributed by atoms with Crippen LogP contribution in [0.4, 0.5) is 0 Å². The molecule has 0 saturated heterocycles. The molecule has 4 nitrogen and oxygen atoms in total. The number of rotatable bonds is 7. The molecule has 0 saturated carbocycles. The predicted molar refractivity (Wildman–Crippen MR) is 98.5 cm³/mol. The lowest BCUT2D eigenvalue weighted by atomic mass is 10.2. The highest BCUT2D eigenvalue weighted by Gasteiger charge is 2.13. The van der Waals surface area contributed by atoms with Crippen LogP contribution < -0.4 is 10.5 Å². The van der Waals surface area contributed by atoms with Crippen molar-refractivity contribution in [2.24, 2.45) is 5.73 Å².